The summed E-state index contributed by atoms with van der Waals surface area (Å²) in [5.74, 6) is 1.00. The highest BCUT2D eigenvalue weighted by molar-refractivity contribution is 7.09. The van der Waals surface area contributed by atoms with Crippen LogP contribution in [0.1, 0.15) is 43.3 Å². The Morgan fingerprint density at radius 1 is 1.56 bits per heavy atom. The fourth-order valence-electron chi connectivity index (χ4n) is 2.25. The zero-order valence-electron chi connectivity index (χ0n) is 10.3. The van der Waals surface area contributed by atoms with Gasteiger partial charge in [0.05, 0.1) is 5.01 Å². The first kappa shape index (κ1) is 12.1. The molecule has 0 radical (unpaired) electrons. The van der Waals surface area contributed by atoms with Crippen molar-refractivity contribution in [2.24, 2.45) is 5.92 Å². The zero-order chi connectivity index (χ0) is 11.4. The SMILES string of the molecule is Cc1csc(CCNC(C)CC2CCC2)n1. The fraction of sp³-hybridized carbons (Fsp3) is 0.769. The first-order valence-corrected chi connectivity index (χ1v) is 7.26. The van der Waals surface area contributed by atoms with Crippen molar-refractivity contribution < 1.29 is 0 Å². The third-order valence-electron chi connectivity index (χ3n) is 3.41. The van der Waals surface area contributed by atoms with E-state index < -0.39 is 0 Å². The highest BCUT2D eigenvalue weighted by atomic mass is 32.1. The largest absolute Gasteiger partial charge is 0.314 e. The molecule has 1 aliphatic rings. The third-order valence-corrected chi connectivity index (χ3v) is 4.44. The Morgan fingerprint density at radius 3 is 2.94 bits per heavy atom. The van der Waals surface area contributed by atoms with Crippen LogP contribution in [0.3, 0.4) is 0 Å². The summed E-state index contributed by atoms with van der Waals surface area (Å²) in [7, 11) is 0. The van der Waals surface area contributed by atoms with Crippen molar-refractivity contribution >= 4 is 11.3 Å². The first-order valence-electron chi connectivity index (χ1n) is 6.38. The lowest BCUT2D eigenvalue weighted by molar-refractivity contribution is 0.266. The van der Waals surface area contributed by atoms with Gasteiger partial charge in [-0.15, -0.1) is 11.3 Å². The van der Waals surface area contributed by atoms with E-state index in [4.69, 9.17) is 0 Å². The number of nitrogens with zero attached hydrogens (tertiary/aromatic N) is 1. The smallest absolute Gasteiger partial charge is 0.0940 e. The quantitative estimate of drug-likeness (QED) is 0.823. The molecule has 0 aliphatic heterocycles. The number of thiazole rings is 1. The van der Waals surface area contributed by atoms with E-state index in [2.05, 4.69) is 29.5 Å². The molecule has 90 valence electrons. The van der Waals surface area contributed by atoms with E-state index in [1.165, 1.54) is 30.7 Å². The van der Waals surface area contributed by atoms with Crippen LogP contribution in [0.2, 0.25) is 0 Å². The van der Waals surface area contributed by atoms with Crippen molar-refractivity contribution in [3.05, 3.63) is 16.1 Å². The van der Waals surface area contributed by atoms with E-state index in [1.807, 2.05) is 0 Å². The predicted molar refractivity (Wildman–Crippen MR) is 70.0 cm³/mol. The Bertz CT molecular complexity index is 317. The molecule has 1 fully saturated rings. The number of hydrogen-bond donors (Lipinski definition) is 1. The number of rotatable bonds is 6. The Kier molecular flexibility index (Phi) is 4.36. The summed E-state index contributed by atoms with van der Waals surface area (Å²) < 4.78 is 0. The van der Waals surface area contributed by atoms with Crippen LogP contribution in [-0.2, 0) is 6.42 Å². The minimum absolute atomic E-state index is 0.673. The van der Waals surface area contributed by atoms with Gasteiger partial charge in [-0.25, -0.2) is 4.98 Å². The van der Waals surface area contributed by atoms with Crippen LogP contribution in [0.15, 0.2) is 5.38 Å². The predicted octanol–water partition coefficient (Wildman–Crippen LogP) is 3.16. The van der Waals surface area contributed by atoms with Crippen LogP contribution in [0.25, 0.3) is 0 Å². The van der Waals surface area contributed by atoms with Gasteiger partial charge in [0.2, 0.25) is 0 Å². The van der Waals surface area contributed by atoms with Crippen LogP contribution in [-0.4, -0.2) is 17.6 Å². The molecule has 0 aromatic carbocycles. The monoisotopic (exact) mass is 238 g/mol. The molecule has 1 heterocycles. The molecule has 0 amide bonds. The van der Waals surface area contributed by atoms with Crippen LogP contribution >= 0.6 is 11.3 Å². The van der Waals surface area contributed by atoms with Gasteiger partial charge in [0.15, 0.2) is 0 Å². The molecule has 1 N–H and O–H groups in total. The van der Waals surface area contributed by atoms with Crippen molar-refractivity contribution in [2.75, 3.05) is 6.54 Å². The number of aryl methyl sites for hydroxylation is 1. The van der Waals surface area contributed by atoms with Crippen LogP contribution in [0.5, 0.6) is 0 Å². The molecule has 0 spiro atoms. The third kappa shape index (κ3) is 3.56. The van der Waals surface area contributed by atoms with Gasteiger partial charge in [0, 0.05) is 30.1 Å². The molecule has 2 rings (SSSR count). The highest BCUT2D eigenvalue weighted by Gasteiger charge is 2.19. The zero-order valence-corrected chi connectivity index (χ0v) is 11.1. The summed E-state index contributed by atoms with van der Waals surface area (Å²) in [5, 5.41) is 7.00. The van der Waals surface area contributed by atoms with Gasteiger partial charge in [-0.1, -0.05) is 19.3 Å². The van der Waals surface area contributed by atoms with Crippen LogP contribution < -0.4 is 5.32 Å². The minimum atomic E-state index is 0.673. The molecule has 16 heavy (non-hydrogen) atoms. The summed E-state index contributed by atoms with van der Waals surface area (Å²) in [5.41, 5.74) is 1.16. The number of hydrogen-bond acceptors (Lipinski definition) is 3. The molecule has 1 atom stereocenters. The van der Waals surface area contributed by atoms with E-state index in [0.717, 1.165) is 24.6 Å². The maximum atomic E-state index is 4.47. The lowest BCUT2D eigenvalue weighted by Crippen LogP contribution is -2.31. The van der Waals surface area contributed by atoms with Crippen molar-refractivity contribution in [3.8, 4) is 0 Å². The van der Waals surface area contributed by atoms with E-state index >= 15 is 0 Å². The van der Waals surface area contributed by atoms with Gasteiger partial charge in [0.1, 0.15) is 0 Å². The minimum Gasteiger partial charge on any atom is -0.314 e. The molecular weight excluding hydrogens is 216 g/mol. The molecule has 0 bridgehead atoms. The van der Waals surface area contributed by atoms with Crippen LogP contribution in [0.4, 0.5) is 0 Å². The topological polar surface area (TPSA) is 24.9 Å². The Morgan fingerprint density at radius 2 is 2.38 bits per heavy atom. The second-order valence-corrected chi connectivity index (χ2v) is 5.96. The molecule has 1 aliphatic carbocycles. The summed E-state index contributed by atoms with van der Waals surface area (Å²) in [6.45, 7) is 5.44. The van der Waals surface area contributed by atoms with Gasteiger partial charge in [-0.2, -0.15) is 0 Å². The lowest BCUT2D eigenvalue weighted by atomic mass is 9.81. The standard InChI is InChI=1S/C13H22N2S/c1-10(8-12-4-3-5-12)14-7-6-13-15-11(2)9-16-13/h9-10,12,14H,3-8H2,1-2H3. The van der Waals surface area contributed by atoms with E-state index in [0.29, 0.717) is 6.04 Å². The fourth-order valence-corrected chi connectivity index (χ4v) is 3.03. The molecular formula is C13H22N2S. The molecule has 1 saturated carbocycles. The second-order valence-electron chi connectivity index (χ2n) is 5.02. The number of nitrogens with one attached hydrogen (secondary N) is 1. The molecule has 0 saturated heterocycles. The van der Waals surface area contributed by atoms with Crippen molar-refractivity contribution in [3.63, 3.8) is 0 Å². The maximum absolute atomic E-state index is 4.47. The summed E-state index contributed by atoms with van der Waals surface area (Å²) in [4.78, 5) is 4.47. The van der Waals surface area contributed by atoms with Gasteiger partial charge in [-0.05, 0) is 26.2 Å². The van der Waals surface area contributed by atoms with E-state index in [9.17, 15) is 0 Å². The van der Waals surface area contributed by atoms with Gasteiger partial charge >= 0.3 is 0 Å². The molecule has 3 heteroatoms. The van der Waals surface area contributed by atoms with E-state index in [-0.39, 0.29) is 0 Å². The Hall–Kier alpha value is -0.410. The summed E-state index contributed by atoms with van der Waals surface area (Å²) in [6.07, 6.45) is 6.80. The first-order chi connectivity index (χ1) is 7.74. The molecule has 1 unspecified atom stereocenters. The molecule has 2 nitrogen and oxygen atoms in total. The summed E-state index contributed by atoms with van der Waals surface area (Å²) in [6, 6.07) is 0.673. The van der Waals surface area contributed by atoms with Crippen LogP contribution in [0, 0.1) is 12.8 Å². The van der Waals surface area contributed by atoms with Gasteiger partial charge in [0.25, 0.3) is 0 Å². The average Bonchev–Trinajstić information content (AvgIpc) is 2.58. The Labute approximate surface area is 102 Å². The van der Waals surface area contributed by atoms with Gasteiger partial charge < -0.3 is 5.32 Å². The maximum Gasteiger partial charge on any atom is 0.0940 e. The highest BCUT2D eigenvalue weighted by Crippen LogP contribution is 2.30. The lowest BCUT2D eigenvalue weighted by Gasteiger charge is -2.28. The average molecular weight is 238 g/mol. The summed E-state index contributed by atoms with van der Waals surface area (Å²) >= 11 is 1.78. The normalized spacial score (nSPS) is 18.4. The second kappa shape index (κ2) is 5.78. The van der Waals surface area contributed by atoms with E-state index in [1.54, 1.807) is 11.3 Å². The van der Waals surface area contributed by atoms with Gasteiger partial charge in [-0.3, -0.25) is 0 Å². The van der Waals surface area contributed by atoms with Crippen molar-refractivity contribution in [2.45, 2.75) is 52.0 Å². The Balaban J connectivity index is 1.59. The molecule has 1 aromatic heterocycles. The molecule has 1 aromatic rings. The van der Waals surface area contributed by atoms with Crippen molar-refractivity contribution in [1.82, 2.24) is 10.3 Å². The van der Waals surface area contributed by atoms with Crippen molar-refractivity contribution in [1.29, 1.82) is 0 Å². The number of aromatic nitrogens is 1.